The highest BCUT2D eigenvalue weighted by atomic mass is 16.6. The van der Waals surface area contributed by atoms with Gasteiger partial charge in [-0.05, 0) is 30.9 Å². The monoisotopic (exact) mass is 330 g/mol. The lowest BCUT2D eigenvalue weighted by Gasteiger charge is -2.47. The van der Waals surface area contributed by atoms with Gasteiger partial charge in [-0.3, -0.25) is 14.9 Å². The van der Waals surface area contributed by atoms with Gasteiger partial charge in [0.15, 0.2) is 0 Å². The highest BCUT2D eigenvalue weighted by molar-refractivity contribution is 5.92. The molecule has 3 rings (SSSR count). The summed E-state index contributed by atoms with van der Waals surface area (Å²) in [6.45, 7) is 1.15. The van der Waals surface area contributed by atoms with Gasteiger partial charge in [0.05, 0.1) is 10.5 Å². The van der Waals surface area contributed by atoms with E-state index in [0.717, 1.165) is 25.7 Å². The van der Waals surface area contributed by atoms with Gasteiger partial charge in [0.2, 0.25) is 5.91 Å². The lowest BCUT2D eigenvalue weighted by Crippen LogP contribution is -2.54. The Kier molecular flexibility index (Phi) is 4.66. The minimum Gasteiger partial charge on any atom is -0.389 e. The van der Waals surface area contributed by atoms with E-state index in [1.807, 2.05) is 0 Å². The first-order chi connectivity index (χ1) is 11.5. The molecule has 2 atom stereocenters. The van der Waals surface area contributed by atoms with Crippen molar-refractivity contribution >= 4 is 17.7 Å². The fraction of sp³-hybridized carbons (Fsp3) is 0.500. The van der Waals surface area contributed by atoms with Crippen LogP contribution in [-0.4, -0.2) is 39.5 Å². The first-order valence-electron chi connectivity index (χ1n) is 8.42. The van der Waals surface area contributed by atoms with E-state index in [0.29, 0.717) is 25.1 Å². The topological polar surface area (TPSA) is 83.7 Å². The molecule has 1 aromatic rings. The first kappa shape index (κ1) is 16.6. The van der Waals surface area contributed by atoms with Gasteiger partial charge >= 0.3 is 0 Å². The number of hydrogen-bond donors (Lipinski definition) is 1. The lowest BCUT2D eigenvalue weighted by atomic mass is 9.71. The second-order valence-corrected chi connectivity index (χ2v) is 6.77. The zero-order valence-corrected chi connectivity index (χ0v) is 13.6. The summed E-state index contributed by atoms with van der Waals surface area (Å²) in [5, 5.41) is 21.4. The Balaban J connectivity index is 1.65. The summed E-state index contributed by atoms with van der Waals surface area (Å²) in [5.74, 6) is 0.0595. The van der Waals surface area contributed by atoms with E-state index in [9.17, 15) is 20.0 Å². The smallest absolute Gasteiger partial charge is 0.270 e. The Bertz CT molecular complexity index is 673. The van der Waals surface area contributed by atoms with Crippen molar-refractivity contribution in [3.05, 3.63) is 46.0 Å². The van der Waals surface area contributed by atoms with Crippen molar-refractivity contribution in [3.63, 3.8) is 0 Å². The molecule has 1 saturated carbocycles. The minimum absolute atomic E-state index is 0.00911. The van der Waals surface area contributed by atoms with Crippen molar-refractivity contribution in [1.29, 1.82) is 0 Å². The van der Waals surface area contributed by atoms with E-state index in [-0.39, 0.29) is 17.5 Å². The predicted octanol–water partition coefficient (Wildman–Crippen LogP) is 2.76. The minimum atomic E-state index is -0.598. The molecule has 0 unspecified atom stereocenters. The summed E-state index contributed by atoms with van der Waals surface area (Å²) in [5.41, 5.74) is 0.0391. The summed E-state index contributed by atoms with van der Waals surface area (Å²) in [6, 6.07) is 6.20. The average Bonchev–Trinajstić information content (AvgIpc) is 2.59. The molecule has 1 aliphatic heterocycles. The number of fused-ring (bicyclic) bond motifs is 1. The fourth-order valence-corrected chi connectivity index (χ4v) is 3.79. The largest absolute Gasteiger partial charge is 0.389 e. The molecule has 0 radical (unpaired) electrons. The van der Waals surface area contributed by atoms with Gasteiger partial charge in [-0.15, -0.1) is 0 Å². The maximum atomic E-state index is 12.4. The number of likely N-dealkylation sites (tertiary alicyclic amines) is 1. The molecule has 2 fully saturated rings. The number of amides is 1. The number of benzene rings is 1. The zero-order chi connectivity index (χ0) is 17.2. The third-order valence-electron chi connectivity index (χ3n) is 5.24. The number of hydrogen-bond acceptors (Lipinski definition) is 4. The van der Waals surface area contributed by atoms with Crippen LogP contribution in [0.15, 0.2) is 30.3 Å². The maximum Gasteiger partial charge on any atom is 0.270 e. The molecule has 6 heteroatoms. The van der Waals surface area contributed by atoms with Gasteiger partial charge in [-0.2, -0.15) is 0 Å². The number of carbonyl (C=O) groups excluding carboxylic acids is 1. The van der Waals surface area contributed by atoms with Crippen LogP contribution in [-0.2, 0) is 4.79 Å². The van der Waals surface area contributed by atoms with Gasteiger partial charge in [0, 0.05) is 37.2 Å². The maximum absolute atomic E-state index is 12.4. The van der Waals surface area contributed by atoms with Crippen LogP contribution in [0.5, 0.6) is 0 Å². The SMILES string of the molecule is O=C(/C=C/c1cccc([N+](=O)[O-])c1)N1CC[C@@]2(O)CCCC[C@H]2C1. The molecular weight excluding hydrogens is 308 g/mol. The summed E-state index contributed by atoms with van der Waals surface area (Å²) < 4.78 is 0. The molecule has 0 aromatic heterocycles. The molecule has 1 saturated heterocycles. The van der Waals surface area contributed by atoms with E-state index in [1.54, 1.807) is 23.1 Å². The van der Waals surface area contributed by atoms with Crippen LogP contribution in [0.3, 0.4) is 0 Å². The Hall–Kier alpha value is -2.21. The molecule has 1 heterocycles. The summed E-state index contributed by atoms with van der Waals surface area (Å²) in [4.78, 5) is 24.5. The van der Waals surface area contributed by atoms with Crippen LogP contribution in [0, 0.1) is 16.0 Å². The number of nitrogens with zero attached hydrogens (tertiary/aromatic N) is 2. The van der Waals surface area contributed by atoms with Crippen molar-refractivity contribution < 1.29 is 14.8 Å². The highest BCUT2D eigenvalue weighted by Crippen LogP contribution is 2.39. The zero-order valence-electron chi connectivity index (χ0n) is 13.6. The van der Waals surface area contributed by atoms with Gasteiger partial charge in [0.1, 0.15) is 0 Å². The molecule has 1 aliphatic carbocycles. The second-order valence-electron chi connectivity index (χ2n) is 6.77. The standard InChI is InChI=1S/C18H22N2O4/c21-17(8-7-14-4-3-6-16(12-14)20(23)24)19-11-10-18(22)9-2-1-5-15(18)13-19/h3-4,6-8,12,15,22H,1-2,5,9-11,13H2/b8-7+/t15-,18-/m0/s1. The third-order valence-corrected chi connectivity index (χ3v) is 5.24. The van der Waals surface area contributed by atoms with Crippen LogP contribution < -0.4 is 0 Å². The molecular formula is C18H22N2O4. The highest BCUT2D eigenvalue weighted by Gasteiger charge is 2.43. The van der Waals surface area contributed by atoms with Gasteiger partial charge < -0.3 is 10.0 Å². The Morgan fingerprint density at radius 1 is 1.38 bits per heavy atom. The molecule has 6 nitrogen and oxygen atoms in total. The molecule has 128 valence electrons. The molecule has 1 N–H and O–H groups in total. The number of carbonyl (C=O) groups is 1. The van der Waals surface area contributed by atoms with Crippen LogP contribution >= 0.6 is 0 Å². The van der Waals surface area contributed by atoms with Crippen molar-refractivity contribution in [2.45, 2.75) is 37.7 Å². The molecule has 1 aromatic carbocycles. The van der Waals surface area contributed by atoms with Gasteiger partial charge in [-0.25, -0.2) is 0 Å². The van der Waals surface area contributed by atoms with Crippen LogP contribution in [0.4, 0.5) is 5.69 Å². The van der Waals surface area contributed by atoms with Crippen molar-refractivity contribution in [2.75, 3.05) is 13.1 Å². The number of nitro groups is 1. The number of rotatable bonds is 3. The van der Waals surface area contributed by atoms with E-state index in [1.165, 1.54) is 18.2 Å². The molecule has 0 bridgehead atoms. The van der Waals surface area contributed by atoms with E-state index in [4.69, 9.17) is 0 Å². The quantitative estimate of drug-likeness (QED) is 0.525. The van der Waals surface area contributed by atoms with Crippen molar-refractivity contribution in [3.8, 4) is 0 Å². The second kappa shape index (κ2) is 6.73. The van der Waals surface area contributed by atoms with Gasteiger partial charge in [-0.1, -0.05) is 25.0 Å². The molecule has 2 aliphatic rings. The molecule has 0 spiro atoms. The molecule has 24 heavy (non-hydrogen) atoms. The van der Waals surface area contributed by atoms with E-state index < -0.39 is 10.5 Å². The first-order valence-corrected chi connectivity index (χ1v) is 8.42. The Morgan fingerprint density at radius 3 is 3.00 bits per heavy atom. The lowest BCUT2D eigenvalue weighted by molar-refractivity contribution is -0.384. The number of aliphatic hydroxyl groups is 1. The van der Waals surface area contributed by atoms with Crippen molar-refractivity contribution in [1.82, 2.24) is 4.90 Å². The number of non-ortho nitro benzene ring substituents is 1. The van der Waals surface area contributed by atoms with E-state index >= 15 is 0 Å². The fourth-order valence-electron chi connectivity index (χ4n) is 3.79. The van der Waals surface area contributed by atoms with E-state index in [2.05, 4.69) is 0 Å². The predicted molar refractivity (Wildman–Crippen MR) is 90.2 cm³/mol. The van der Waals surface area contributed by atoms with Crippen molar-refractivity contribution in [2.24, 2.45) is 5.92 Å². The summed E-state index contributed by atoms with van der Waals surface area (Å²) >= 11 is 0. The summed E-state index contributed by atoms with van der Waals surface area (Å²) in [7, 11) is 0. The van der Waals surface area contributed by atoms with Crippen LogP contribution in [0.1, 0.15) is 37.7 Å². The van der Waals surface area contributed by atoms with Gasteiger partial charge in [0.25, 0.3) is 5.69 Å². The van der Waals surface area contributed by atoms with Crippen LogP contribution in [0.25, 0.3) is 6.08 Å². The molecule has 1 amide bonds. The summed E-state index contributed by atoms with van der Waals surface area (Å²) in [6.07, 6.45) is 7.68. The van der Waals surface area contributed by atoms with Crippen LogP contribution in [0.2, 0.25) is 0 Å². The average molecular weight is 330 g/mol. The number of nitro benzene ring substituents is 1. The Morgan fingerprint density at radius 2 is 2.21 bits per heavy atom. The normalized spacial score (nSPS) is 27.0. The Labute approximate surface area is 140 Å². The third kappa shape index (κ3) is 3.48. The number of piperidine rings is 1.